The van der Waals surface area contributed by atoms with Crippen LogP contribution in [0.25, 0.3) is 0 Å². The van der Waals surface area contributed by atoms with Gasteiger partial charge in [-0.25, -0.2) is 9.37 Å². The van der Waals surface area contributed by atoms with Gasteiger partial charge in [-0.2, -0.15) is 0 Å². The number of hydrogen-bond donors (Lipinski definition) is 1. The van der Waals surface area contributed by atoms with Crippen LogP contribution in [-0.4, -0.2) is 11.5 Å². The molecule has 0 unspecified atom stereocenters. The fourth-order valence-corrected chi connectivity index (χ4v) is 0.840. The molecule has 68 valence electrons. The molecule has 0 saturated carbocycles. The average molecular weight is 172 g/mol. The van der Waals surface area contributed by atoms with Gasteiger partial charge in [-0.3, -0.25) is 0 Å². The lowest BCUT2D eigenvalue weighted by molar-refractivity contribution is 0.167. The summed E-state index contributed by atoms with van der Waals surface area (Å²) in [4.78, 5) is 3.81. The minimum atomic E-state index is -1.51. The van der Waals surface area contributed by atoms with Gasteiger partial charge < -0.3 is 10.2 Å². The van der Waals surface area contributed by atoms with Gasteiger partial charge in [0.1, 0.15) is 5.76 Å². The number of nitrogens with zero attached hydrogens (tertiary/aromatic N) is 1. The molecular weight excluding hydrogens is 159 g/mol. The molecule has 1 aromatic heterocycles. The standard InChI is InChI=1S/C8H13FN2O/c1-8(2,9)7-11-5-6(12-7)3-4-10/h5H,3-4,10H2,1-2H3. The van der Waals surface area contributed by atoms with Crippen molar-refractivity contribution < 1.29 is 8.81 Å². The van der Waals surface area contributed by atoms with Crippen LogP contribution in [0.15, 0.2) is 10.6 Å². The molecule has 1 aromatic rings. The Hall–Kier alpha value is -0.900. The molecule has 0 amide bonds. The lowest BCUT2D eigenvalue weighted by atomic mass is 10.2. The first-order valence-corrected chi connectivity index (χ1v) is 3.88. The minimum Gasteiger partial charge on any atom is -0.442 e. The molecule has 1 heterocycles. The lowest BCUT2D eigenvalue weighted by Crippen LogP contribution is -2.09. The van der Waals surface area contributed by atoms with E-state index < -0.39 is 5.67 Å². The predicted octanol–water partition coefficient (Wildman–Crippen LogP) is 1.38. The van der Waals surface area contributed by atoms with Gasteiger partial charge in [-0.15, -0.1) is 0 Å². The number of oxazole rings is 1. The third kappa shape index (κ3) is 2.04. The fraction of sp³-hybridized carbons (Fsp3) is 0.625. The number of rotatable bonds is 3. The maximum Gasteiger partial charge on any atom is 0.231 e. The first kappa shape index (κ1) is 9.19. The van der Waals surface area contributed by atoms with Crippen LogP contribution < -0.4 is 5.73 Å². The third-order valence-corrected chi connectivity index (χ3v) is 1.45. The lowest BCUT2D eigenvalue weighted by Gasteiger charge is -2.07. The van der Waals surface area contributed by atoms with Gasteiger partial charge in [0.15, 0.2) is 5.67 Å². The Kier molecular flexibility index (Phi) is 2.47. The molecule has 0 aliphatic rings. The normalized spacial score (nSPS) is 12.0. The van der Waals surface area contributed by atoms with Crippen LogP contribution in [0.3, 0.4) is 0 Å². The van der Waals surface area contributed by atoms with Crippen molar-refractivity contribution in [3.05, 3.63) is 17.8 Å². The Morgan fingerprint density at radius 2 is 2.33 bits per heavy atom. The summed E-state index contributed by atoms with van der Waals surface area (Å²) < 4.78 is 18.3. The second-order valence-electron chi connectivity index (χ2n) is 3.14. The molecule has 0 saturated heterocycles. The number of aromatic nitrogens is 1. The van der Waals surface area contributed by atoms with Crippen LogP contribution in [0.5, 0.6) is 0 Å². The van der Waals surface area contributed by atoms with E-state index in [1.165, 1.54) is 20.0 Å². The van der Waals surface area contributed by atoms with E-state index in [0.717, 1.165) is 0 Å². The van der Waals surface area contributed by atoms with Crippen molar-refractivity contribution >= 4 is 0 Å². The zero-order valence-electron chi connectivity index (χ0n) is 7.30. The summed E-state index contributed by atoms with van der Waals surface area (Å²) in [7, 11) is 0. The molecule has 0 aliphatic heterocycles. The van der Waals surface area contributed by atoms with Gasteiger partial charge in [0.05, 0.1) is 6.20 Å². The van der Waals surface area contributed by atoms with Gasteiger partial charge in [-0.1, -0.05) is 0 Å². The quantitative estimate of drug-likeness (QED) is 0.749. The minimum absolute atomic E-state index is 0.117. The molecule has 0 aromatic carbocycles. The van der Waals surface area contributed by atoms with Crippen LogP contribution in [-0.2, 0) is 12.1 Å². The first-order chi connectivity index (χ1) is 5.54. The van der Waals surface area contributed by atoms with Gasteiger partial charge in [0, 0.05) is 6.42 Å². The summed E-state index contributed by atoms with van der Waals surface area (Å²) >= 11 is 0. The molecule has 1 rings (SSSR count). The van der Waals surface area contributed by atoms with E-state index in [-0.39, 0.29) is 5.89 Å². The van der Waals surface area contributed by atoms with Crippen LogP contribution in [0.4, 0.5) is 4.39 Å². The van der Waals surface area contributed by atoms with Crippen molar-refractivity contribution in [2.24, 2.45) is 5.73 Å². The van der Waals surface area contributed by atoms with Gasteiger partial charge in [-0.05, 0) is 20.4 Å². The zero-order valence-corrected chi connectivity index (χ0v) is 7.30. The molecule has 2 N–H and O–H groups in total. The van der Waals surface area contributed by atoms with Crippen LogP contribution in [0.2, 0.25) is 0 Å². The van der Waals surface area contributed by atoms with Crippen LogP contribution in [0.1, 0.15) is 25.5 Å². The molecule has 3 nitrogen and oxygen atoms in total. The Balaban J connectivity index is 2.77. The largest absolute Gasteiger partial charge is 0.442 e. The summed E-state index contributed by atoms with van der Waals surface area (Å²) in [6.45, 7) is 3.30. The highest BCUT2D eigenvalue weighted by molar-refractivity contribution is 5.00. The van der Waals surface area contributed by atoms with E-state index in [2.05, 4.69) is 4.98 Å². The maximum absolute atomic E-state index is 13.2. The Morgan fingerprint density at radius 1 is 1.67 bits per heavy atom. The molecule has 0 atom stereocenters. The molecule has 0 bridgehead atoms. The third-order valence-electron chi connectivity index (χ3n) is 1.45. The molecule has 0 spiro atoms. The second kappa shape index (κ2) is 3.23. The van der Waals surface area contributed by atoms with E-state index in [1.807, 2.05) is 0 Å². The Labute approximate surface area is 70.8 Å². The molecule has 0 fully saturated rings. The summed E-state index contributed by atoms with van der Waals surface area (Å²) in [5, 5.41) is 0. The van der Waals surface area contributed by atoms with Crippen molar-refractivity contribution in [1.82, 2.24) is 4.98 Å². The Bertz CT molecular complexity index is 252. The van der Waals surface area contributed by atoms with Crippen molar-refractivity contribution in [2.75, 3.05) is 6.54 Å². The molecule has 4 heteroatoms. The fourth-order valence-electron chi connectivity index (χ4n) is 0.840. The van der Waals surface area contributed by atoms with Crippen molar-refractivity contribution in [3.63, 3.8) is 0 Å². The van der Waals surface area contributed by atoms with Crippen LogP contribution >= 0.6 is 0 Å². The first-order valence-electron chi connectivity index (χ1n) is 3.88. The SMILES string of the molecule is CC(C)(F)c1ncc(CCN)o1. The highest BCUT2D eigenvalue weighted by Crippen LogP contribution is 2.23. The number of alkyl halides is 1. The number of hydrogen-bond acceptors (Lipinski definition) is 3. The zero-order chi connectivity index (χ0) is 9.19. The van der Waals surface area contributed by atoms with Crippen molar-refractivity contribution in [1.29, 1.82) is 0 Å². The predicted molar refractivity (Wildman–Crippen MR) is 43.4 cm³/mol. The van der Waals surface area contributed by atoms with Gasteiger partial charge in [0.2, 0.25) is 5.89 Å². The maximum atomic E-state index is 13.2. The highest BCUT2D eigenvalue weighted by atomic mass is 19.1. The van der Waals surface area contributed by atoms with Gasteiger partial charge >= 0.3 is 0 Å². The molecule has 0 aliphatic carbocycles. The topological polar surface area (TPSA) is 52.0 Å². The van der Waals surface area contributed by atoms with Crippen molar-refractivity contribution in [2.45, 2.75) is 25.9 Å². The molecular formula is C8H13FN2O. The smallest absolute Gasteiger partial charge is 0.231 e. The molecule has 12 heavy (non-hydrogen) atoms. The molecule has 0 radical (unpaired) electrons. The number of halogens is 1. The summed E-state index contributed by atoms with van der Waals surface area (Å²) in [6.07, 6.45) is 2.12. The Morgan fingerprint density at radius 3 is 2.75 bits per heavy atom. The van der Waals surface area contributed by atoms with E-state index in [9.17, 15) is 4.39 Å². The highest BCUT2D eigenvalue weighted by Gasteiger charge is 2.24. The van der Waals surface area contributed by atoms with Crippen molar-refractivity contribution in [3.8, 4) is 0 Å². The van der Waals surface area contributed by atoms with Crippen LogP contribution in [0, 0.1) is 0 Å². The van der Waals surface area contributed by atoms with Gasteiger partial charge in [0.25, 0.3) is 0 Å². The summed E-state index contributed by atoms with van der Waals surface area (Å²) in [6, 6.07) is 0. The van der Waals surface area contributed by atoms with E-state index in [4.69, 9.17) is 10.2 Å². The summed E-state index contributed by atoms with van der Waals surface area (Å²) in [5.74, 6) is 0.754. The number of nitrogens with two attached hydrogens (primary N) is 1. The van der Waals surface area contributed by atoms with E-state index in [1.54, 1.807) is 0 Å². The summed E-state index contributed by atoms with van der Waals surface area (Å²) in [5.41, 5.74) is 3.79. The average Bonchev–Trinajstić information content (AvgIpc) is 2.35. The van der Waals surface area contributed by atoms with E-state index >= 15 is 0 Å². The van der Waals surface area contributed by atoms with E-state index in [0.29, 0.717) is 18.7 Å². The monoisotopic (exact) mass is 172 g/mol. The second-order valence-corrected chi connectivity index (χ2v) is 3.14.